The second-order valence-electron chi connectivity index (χ2n) is 2.35. The Bertz CT molecular complexity index is 233. The van der Waals surface area contributed by atoms with E-state index in [4.69, 9.17) is 5.53 Å². The molecule has 6 nitrogen and oxygen atoms in total. The van der Waals surface area contributed by atoms with Crippen LogP contribution in [0.15, 0.2) is 5.11 Å². The highest BCUT2D eigenvalue weighted by Gasteiger charge is 2.08. The van der Waals surface area contributed by atoms with Crippen molar-refractivity contribution in [1.82, 2.24) is 0 Å². The van der Waals surface area contributed by atoms with Crippen molar-refractivity contribution >= 4 is 11.8 Å². The highest BCUT2D eigenvalue weighted by molar-refractivity contribution is 5.95. The predicted molar refractivity (Wildman–Crippen MR) is 44.9 cm³/mol. The number of carbonyl (C=O) groups excluding carboxylic acids is 2. The molecule has 0 rings (SSSR count). The first-order valence-corrected chi connectivity index (χ1v) is 3.80. The maximum Gasteiger partial charge on any atom is 0.313 e. The number of Topliss-reactive ketones (excluding diaryl/α,β-unsaturated/α-hetero) is 1. The van der Waals surface area contributed by atoms with Gasteiger partial charge < -0.3 is 4.74 Å². The molecule has 0 radical (unpaired) electrons. The van der Waals surface area contributed by atoms with Gasteiger partial charge in [0.1, 0.15) is 12.2 Å². The molecule has 0 aliphatic rings. The molecule has 0 atom stereocenters. The molecule has 0 bridgehead atoms. The van der Waals surface area contributed by atoms with Gasteiger partial charge in [0.2, 0.25) is 0 Å². The lowest BCUT2D eigenvalue weighted by atomic mass is 10.2. The lowest BCUT2D eigenvalue weighted by Crippen LogP contribution is -2.09. The second-order valence-corrected chi connectivity index (χ2v) is 2.35. The van der Waals surface area contributed by atoms with Gasteiger partial charge in [-0.25, -0.2) is 0 Å². The van der Waals surface area contributed by atoms with Crippen LogP contribution in [0.1, 0.15) is 19.3 Å². The van der Waals surface area contributed by atoms with E-state index in [1.54, 1.807) is 0 Å². The molecule has 0 saturated heterocycles. The number of hydrogen-bond acceptors (Lipinski definition) is 4. The van der Waals surface area contributed by atoms with E-state index in [0.29, 0.717) is 6.42 Å². The number of nitrogens with zero attached hydrogens (tertiary/aromatic N) is 3. The van der Waals surface area contributed by atoms with Gasteiger partial charge in [0.05, 0.1) is 7.11 Å². The van der Waals surface area contributed by atoms with Gasteiger partial charge in [-0.15, -0.1) is 0 Å². The Kier molecular flexibility index (Phi) is 6.27. The summed E-state index contributed by atoms with van der Waals surface area (Å²) in [5.41, 5.74) is 7.91. The molecule has 0 unspecified atom stereocenters. The summed E-state index contributed by atoms with van der Waals surface area (Å²) in [7, 11) is 1.23. The number of ketones is 1. The topological polar surface area (TPSA) is 92.1 Å². The molecule has 0 aliphatic heterocycles. The van der Waals surface area contributed by atoms with E-state index in [2.05, 4.69) is 14.8 Å². The first-order valence-electron chi connectivity index (χ1n) is 3.80. The van der Waals surface area contributed by atoms with Crippen LogP contribution in [0.3, 0.4) is 0 Å². The van der Waals surface area contributed by atoms with Crippen LogP contribution in [-0.4, -0.2) is 25.4 Å². The van der Waals surface area contributed by atoms with Crippen molar-refractivity contribution in [2.45, 2.75) is 19.3 Å². The molecule has 0 aliphatic carbocycles. The smallest absolute Gasteiger partial charge is 0.313 e. The van der Waals surface area contributed by atoms with E-state index in [1.807, 2.05) is 0 Å². The minimum Gasteiger partial charge on any atom is -0.469 e. The number of hydrogen-bond donors (Lipinski definition) is 0. The number of rotatable bonds is 6. The number of carbonyl (C=O) groups is 2. The van der Waals surface area contributed by atoms with Crippen LogP contribution in [0.5, 0.6) is 0 Å². The Morgan fingerprint density at radius 1 is 1.54 bits per heavy atom. The maximum absolute atomic E-state index is 10.9. The summed E-state index contributed by atoms with van der Waals surface area (Å²) in [6.07, 6.45) is 0.515. The Hall–Kier alpha value is -1.55. The third-order valence-corrected chi connectivity index (χ3v) is 1.35. The Morgan fingerprint density at radius 2 is 2.23 bits per heavy atom. The monoisotopic (exact) mass is 185 g/mol. The van der Waals surface area contributed by atoms with Crippen LogP contribution >= 0.6 is 0 Å². The van der Waals surface area contributed by atoms with Gasteiger partial charge in [-0.05, 0) is 12.0 Å². The normalized spacial score (nSPS) is 8.69. The Labute approximate surface area is 75.5 Å². The van der Waals surface area contributed by atoms with Gasteiger partial charge >= 0.3 is 5.97 Å². The molecule has 0 saturated carbocycles. The van der Waals surface area contributed by atoms with Gasteiger partial charge in [0.15, 0.2) is 0 Å². The number of azide groups is 1. The first kappa shape index (κ1) is 11.4. The third-order valence-electron chi connectivity index (χ3n) is 1.35. The molecule has 0 spiro atoms. The van der Waals surface area contributed by atoms with Crippen LogP contribution in [0.25, 0.3) is 10.4 Å². The van der Waals surface area contributed by atoms with Gasteiger partial charge in [-0.2, -0.15) is 0 Å². The molecule has 0 aromatic carbocycles. The average Bonchev–Trinajstić information content (AvgIpc) is 2.12. The fraction of sp³-hybridized carbons (Fsp3) is 0.714. The van der Waals surface area contributed by atoms with Gasteiger partial charge in [0.25, 0.3) is 0 Å². The van der Waals surface area contributed by atoms with Crippen molar-refractivity contribution in [3.05, 3.63) is 10.4 Å². The molecule has 72 valence electrons. The standard InChI is InChI=1S/C7H11N3O3/c1-13-7(12)5-6(11)3-2-4-9-10-8/h2-5H2,1H3. The van der Waals surface area contributed by atoms with E-state index in [9.17, 15) is 9.59 Å². The molecule has 0 N–H and O–H groups in total. The Morgan fingerprint density at radius 3 is 2.77 bits per heavy atom. The van der Waals surface area contributed by atoms with Crippen molar-refractivity contribution in [3.8, 4) is 0 Å². The molecule has 0 fully saturated rings. The molecule has 0 heterocycles. The third kappa shape index (κ3) is 6.83. The molecular weight excluding hydrogens is 174 g/mol. The molecular formula is C7H11N3O3. The quantitative estimate of drug-likeness (QED) is 0.155. The number of methoxy groups -OCH3 is 1. The fourth-order valence-electron chi connectivity index (χ4n) is 0.713. The summed E-state index contributed by atoms with van der Waals surface area (Å²) in [5.74, 6) is -0.728. The van der Waals surface area contributed by atoms with E-state index < -0.39 is 5.97 Å². The summed E-state index contributed by atoms with van der Waals surface area (Å²) in [6.45, 7) is 0.281. The van der Waals surface area contributed by atoms with Crippen molar-refractivity contribution < 1.29 is 14.3 Å². The highest BCUT2D eigenvalue weighted by Crippen LogP contribution is 1.97. The van der Waals surface area contributed by atoms with Crippen LogP contribution in [-0.2, 0) is 14.3 Å². The lowest BCUT2D eigenvalue weighted by molar-refractivity contribution is -0.143. The summed E-state index contributed by atoms with van der Waals surface area (Å²) in [4.78, 5) is 24.1. The van der Waals surface area contributed by atoms with E-state index in [0.717, 1.165) is 0 Å². The first-order chi connectivity index (χ1) is 6.20. The summed E-state index contributed by atoms with van der Waals surface area (Å²) in [5, 5.41) is 3.26. The van der Waals surface area contributed by atoms with E-state index in [-0.39, 0.29) is 25.2 Å². The number of ether oxygens (including phenoxy) is 1. The summed E-state index contributed by atoms with van der Waals surface area (Å²) in [6, 6.07) is 0. The average molecular weight is 185 g/mol. The molecule has 13 heavy (non-hydrogen) atoms. The predicted octanol–water partition coefficient (Wildman–Crippen LogP) is 1.21. The Balaban J connectivity index is 3.51. The van der Waals surface area contributed by atoms with Gasteiger partial charge in [0, 0.05) is 17.9 Å². The van der Waals surface area contributed by atoms with Crippen molar-refractivity contribution in [3.63, 3.8) is 0 Å². The molecule has 0 aromatic heterocycles. The van der Waals surface area contributed by atoms with E-state index in [1.165, 1.54) is 7.11 Å². The zero-order valence-electron chi connectivity index (χ0n) is 7.39. The van der Waals surface area contributed by atoms with E-state index >= 15 is 0 Å². The van der Waals surface area contributed by atoms with Crippen molar-refractivity contribution in [2.24, 2.45) is 5.11 Å². The van der Waals surface area contributed by atoms with Crippen LogP contribution in [0.2, 0.25) is 0 Å². The minimum atomic E-state index is -0.534. The lowest BCUT2D eigenvalue weighted by Gasteiger charge is -1.97. The molecule has 6 heteroatoms. The minimum absolute atomic E-state index is 0.194. The van der Waals surface area contributed by atoms with Crippen molar-refractivity contribution in [2.75, 3.05) is 13.7 Å². The van der Waals surface area contributed by atoms with Gasteiger partial charge in [-0.3, -0.25) is 9.59 Å². The summed E-state index contributed by atoms with van der Waals surface area (Å²) >= 11 is 0. The van der Waals surface area contributed by atoms with Crippen molar-refractivity contribution in [1.29, 1.82) is 0 Å². The van der Waals surface area contributed by atoms with Crippen LogP contribution in [0, 0.1) is 0 Å². The molecule has 0 aromatic rings. The van der Waals surface area contributed by atoms with Gasteiger partial charge in [-0.1, -0.05) is 5.11 Å². The molecule has 0 amide bonds. The zero-order valence-corrected chi connectivity index (χ0v) is 7.39. The zero-order chi connectivity index (χ0) is 10.1. The van der Waals surface area contributed by atoms with Crippen LogP contribution < -0.4 is 0 Å². The maximum atomic E-state index is 10.9. The SMILES string of the molecule is COC(=O)CC(=O)CCCN=[N+]=[N-]. The second kappa shape index (κ2) is 7.12. The number of esters is 1. The summed E-state index contributed by atoms with van der Waals surface area (Å²) < 4.78 is 4.31. The van der Waals surface area contributed by atoms with Crippen LogP contribution in [0.4, 0.5) is 0 Å². The fourth-order valence-corrected chi connectivity index (χ4v) is 0.713. The largest absolute Gasteiger partial charge is 0.469 e. The highest BCUT2D eigenvalue weighted by atomic mass is 16.5.